The van der Waals surface area contributed by atoms with Crippen molar-refractivity contribution in [2.24, 2.45) is 10.9 Å². The van der Waals surface area contributed by atoms with E-state index in [1.807, 2.05) is 19.2 Å². The molecule has 2 saturated heterocycles. The number of ether oxygens (including phenoxy) is 2. The molecule has 2 aliphatic rings. The zero-order chi connectivity index (χ0) is 19.1. The molecule has 1 aromatic rings. The minimum absolute atomic E-state index is 0.191. The van der Waals surface area contributed by atoms with E-state index in [0.29, 0.717) is 5.92 Å². The number of hydrogen-bond donors (Lipinski definition) is 1. The molecule has 0 aromatic heterocycles. The Morgan fingerprint density at radius 3 is 2.81 bits per heavy atom. The van der Waals surface area contributed by atoms with Crippen LogP contribution in [0, 0.1) is 5.92 Å². The van der Waals surface area contributed by atoms with Crippen LogP contribution in [-0.2, 0) is 9.47 Å². The molecular formula is C20H31ClN4O2. The lowest BCUT2D eigenvalue weighted by Crippen LogP contribution is -2.47. The van der Waals surface area contributed by atoms with Crippen molar-refractivity contribution >= 4 is 17.6 Å². The van der Waals surface area contributed by atoms with Gasteiger partial charge in [-0.1, -0.05) is 29.8 Å². The third-order valence-corrected chi connectivity index (χ3v) is 5.75. The number of aliphatic imine (C=N–C) groups is 1. The van der Waals surface area contributed by atoms with E-state index in [1.165, 1.54) is 0 Å². The Labute approximate surface area is 167 Å². The predicted molar refractivity (Wildman–Crippen MR) is 110 cm³/mol. The average molecular weight is 395 g/mol. The molecule has 0 amide bonds. The van der Waals surface area contributed by atoms with Crippen LogP contribution in [0.4, 0.5) is 0 Å². The molecule has 0 aliphatic carbocycles. The smallest absolute Gasteiger partial charge is 0.193 e. The van der Waals surface area contributed by atoms with Gasteiger partial charge in [0.15, 0.2) is 5.96 Å². The summed E-state index contributed by atoms with van der Waals surface area (Å²) in [5, 5.41) is 4.40. The first-order valence-corrected chi connectivity index (χ1v) is 10.1. The molecule has 2 atom stereocenters. The molecule has 6 nitrogen and oxygen atoms in total. The van der Waals surface area contributed by atoms with E-state index in [2.05, 4.69) is 32.2 Å². The largest absolute Gasteiger partial charge is 0.384 e. The lowest BCUT2D eigenvalue weighted by molar-refractivity contribution is 0.0169. The third kappa shape index (κ3) is 5.35. The number of methoxy groups -OCH3 is 1. The quantitative estimate of drug-likeness (QED) is 0.592. The molecule has 0 saturated carbocycles. The number of halogens is 1. The summed E-state index contributed by atoms with van der Waals surface area (Å²) < 4.78 is 10.9. The first-order valence-electron chi connectivity index (χ1n) is 9.73. The van der Waals surface area contributed by atoms with Gasteiger partial charge in [-0.05, 0) is 18.1 Å². The van der Waals surface area contributed by atoms with E-state index in [0.717, 1.165) is 75.5 Å². The van der Waals surface area contributed by atoms with Crippen LogP contribution in [0.15, 0.2) is 29.3 Å². The van der Waals surface area contributed by atoms with Gasteiger partial charge in [-0.25, -0.2) is 0 Å². The number of rotatable bonds is 6. The van der Waals surface area contributed by atoms with Crippen LogP contribution in [0.25, 0.3) is 0 Å². The molecule has 1 aromatic carbocycles. The van der Waals surface area contributed by atoms with Crippen LogP contribution >= 0.6 is 11.6 Å². The highest BCUT2D eigenvalue weighted by Gasteiger charge is 2.27. The topological polar surface area (TPSA) is 49.3 Å². The number of hydrogen-bond acceptors (Lipinski definition) is 4. The molecule has 2 heterocycles. The fourth-order valence-corrected chi connectivity index (χ4v) is 4.25. The van der Waals surface area contributed by atoms with Crippen molar-refractivity contribution in [2.45, 2.75) is 12.5 Å². The molecular weight excluding hydrogens is 364 g/mol. The van der Waals surface area contributed by atoms with Gasteiger partial charge in [-0.3, -0.25) is 9.89 Å². The zero-order valence-corrected chi connectivity index (χ0v) is 17.1. The Kier molecular flexibility index (Phi) is 7.76. The molecule has 0 spiro atoms. The van der Waals surface area contributed by atoms with E-state index in [-0.39, 0.29) is 6.04 Å². The summed E-state index contributed by atoms with van der Waals surface area (Å²) in [6, 6.07) is 8.32. The van der Waals surface area contributed by atoms with Crippen LogP contribution in [0.5, 0.6) is 0 Å². The first-order chi connectivity index (χ1) is 13.2. The van der Waals surface area contributed by atoms with E-state index in [4.69, 9.17) is 21.1 Å². The minimum Gasteiger partial charge on any atom is -0.384 e. The Morgan fingerprint density at radius 1 is 1.33 bits per heavy atom. The summed E-state index contributed by atoms with van der Waals surface area (Å²) in [7, 11) is 3.62. The van der Waals surface area contributed by atoms with Crippen molar-refractivity contribution in [2.75, 3.05) is 66.7 Å². The second-order valence-corrected chi connectivity index (χ2v) is 7.58. The number of benzene rings is 1. The van der Waals surface area contributed by atoms with Gasteiger partial charge < -0.3 is 19.7 Å². The maximum absolute atomic E-state index is 6.53. The van der Waals surface area contributed by atoms with Gasteiger partial charge in [-0.15, -0.1) is 0 Å². The van der Waals surface area contributed by atoms with Gasteiger partial charge in [0.05, 0.1) is 25.9 Å². The highest BCUT2D eigenvalue weighted by atomic mass is 35.5. The monoisotopic (exact) mass is 394 g/mol. The molecule has 150 valence electrons. The first kappa shape index (κ1) is 20.4. The van der Waals surface area contributed by atoms with Crippen LogP contribution in [0.3, 0.4) is 0 Å². The number of guanidine groups is 1. The molecule has 3 rings (SSSR count). The number of nitrogens with zero attached hydrogens (tertiary/aromatic N) is 3. The van der Waals surface area contributed by atoms with Crippen molar-refractivity contribution in [3.8, 4) is 0 Å². The second-order valence-electron chi connectivity index (χ2n) is 7.17. The molecule has 27 heavy (non-hydrogen) atoms. The molecule has 2 unspecified atom stereocenters. The van der Waals surface area contributed by atoms with Crippen molar-refractivity contribution in [3.63, 3.8) is 0 Å². The van der Waals surface area contributed by atoms with Gasteiger partial charge in [0.1, 0.15) is 0 Å². The lowest BCUT2D eigenvalue weighted by Gasteiger charge is -2.36. The Bertz CT molecular complexity index is 622. The van der Waals surface area contributed by atoms with Crippen LogP contribution < -0.4 is 5.32 Å². The lowest BCUT2D eigenvalue weighted by atomic mass is 10.0. The van der Waals surface area contributed by atoms with Gasteiger partial charge in [0.2, 0.25) is 0 Å². The third-order valence-electron chi connectivity index (χ3n) is 5.40. The molecule has 1 N–H and O–H groups in total. The molecule has 0 bridgehead atoms. The normalized spacial score (nSPS) is 22.9. The highest BCUT2D eigenvalue weighted by Crippen LogP contribution is 2.28. The highest BCUT2D eigenvalue weighted by molar-refractivity contribution is 6.31. The van der Waals surface area contributed by atoms with E-state index < -0.39 is 0 Å². The summed E-state index contributed by atoms with van der Waals surface area (Å²) in [6.07, 6.45) is 1.14. The van der Waals surface area contributed by atoms with Gasteiger partial charge >= 0.3 is 0 Å². The molecule has 7 heteroatoms. The van der Waals surface area contributed by atoms with E-state index in [1.54, 1.807) is 7.11 Å². The second kappa shape index (κ2) is 10.3. The standard InChI is InChI=1S/C20H31ClN4O2/c1-22-20(25-8-7-16(14-25)15-26-2)23-13-19(24-9-11-27-12-10-24)17-5-3-4-6-18(17)21/h3-6,16,19H,7-15H2,1-2H3,(H,22,23). The van der Waals surface area contributed by atoms with Crippen molar-refractivity contribution in [3.05, 3.63) is 34.9 Å². The molecule has 2 aliphatic heterocycles. The fraction of sp³-hybridized carbons (Fsp3) is 0.650. The van der Waals surface area contributed by atoms with Gasteiger partial charge in [-0.2, -0.15) is 0 Å². The maximum Gasteiger partial charge on any atom is 0.193 e. The SMILES string of the molecule is CN=C(NCC(c1ccccc1Cl)N1CCOCC1)N1CCC(COC)C1. The van der Waals surface area contributed by atoms with Gasteiger partial charge in [0.25, 0.3) is 0 Å². The fourth-order valence-electron chi connectivity index (χ4n) is 3.99. The summed E-state index contributed by atoms with van der Waals surface area (Å²) >= 11 is 6.53. The number of morpholine rings is 1. The van der Waals surface area contributed by atoms with E-state index >= 15 is 0 Å². The maximum atomic E-state index is 6.53. The van der Waals surface area contributed by atoms with Crippen LogP contribution in [-0.4, -0.2) is 82.5 Å². The predicted octanol–water partition coefficient (Wildman–Crippen LogP) is 2.26. The van der Waals surface area contributed by atoms with Crippen molar-refractivity contribution < 1.29 is 9.47 Å². The summed E-state index contributed by atoms with van der Waals surface area (Å²) in [5.41, 5.74) is 1.16. The zero-order valence-electron chi connectivity index (χ0n) is 16.4. The average Bonchev–Trinajstić information content (AvgIpc) is 3.16. The Hall–Kier alpha value is -1.34. The van der Waals surface area contributed by atoms with Gasteiger partial charge in [0, 0.05) is 57.8 Å². The summed E-state index contributed by atoms with van der Waals surface area (Å²) in [6.45, 7) is 6.93. The minimum atomic E-state index is 0.191. The number of likely N-dealkylation sites (tertiary alicyclic amines) is 1. The molecule has 0 radical (unpaired) electrons. The number of nitrogens with one attached hydrogen (secondary N) is 1. The van der Waals surface area contributed by atoms with Crippen molar-refractivity contribution in [1.29, 1.82) is 0 Å². The Morgan fingerprint density at radius 2 is 2.11 bits per heavy atom. The van der Waals surface area contributed by atoms with Crippen molar-refractivity contribution in [1.82, 2.24) is 15.1 Å². The Balaban J connectivity index is 1.67. The van der Waals surface area contributed by atoms with Crippen LogP contribution in [0.2, 0.25) is 5.02 Å². The summed E-state index contributed by atoms with van der Waals surface area (Å²) in [5.74, 6) is 1.53. The van der Waals surface area contributed by atoms with Crippen LogP contribution in [0.1, 0.15) is 18.0 Å². The van der Waals surface area contributed by atoms with E-state index in [9.17, 15) is 0 Å². The molecule has 2 fully saturated rings. The summed E-state index contributed by atoms with van der Waals surface area (Å²) in [4.78, 5) is 9.29.